The molecule has 30 heavy (non-hydrogen) atoms. The molecule has 2 aromatic rings. The molecule has 0 atom stereocenters. The fourth-order valence-electron chi connectivity index (χ4n) is 4.46. The largest absolute Gasteiger partial charge is 0.494 e. The molecule has 0 bridgehead atoms. The minimum absolute atomic E-state index is 0.0942. The zero-order valence-corrected chi connectivity index (χ0v) is 17.8. The molecule has 0 spiro atoms. The molecular formula is C23H30N4O3. The van der Waals surface area contributed by atoms with E-state index in [0.717, 1.165) is 11.3 Å². The van der Waals surface area contributed by atoms with Gasteiger partial charge in [-0.3, -0.25) is 9.59 Å². The molecule has 1 aromatic heterocycles. The minimum atomic E-state index is -0.0942. The van der Waals surface area contributed by atoms with Crippen molar-refractivity contribution < 1.29 is 14.3 Å². The highest BCUT2D eigenvalue weighted by Gasteiger charge is 2.28. The number of amides is 2. The van der Waals surface area contributed by atoms with E-state index in [2.05, 4.69) is 5.10 Å². The minimum Gasteiger partial charge on any atom is -0.494 e. The highest BCUT2D eigenvalue weighted by atomic mass is 16.5. The van der Waals surface area contributed by atoms with E-state index >= 15 is 0 Å². The Morgan fingerprint density at radius 1 is 1.07 bits per heavy atom. The quantitative estimate of drug-likeness (QED) is 0.760. The van der Waals surface area contributed by atoms with E-state index < -0.39 is 0 Å². The van der Waals surface area contributed by atoms with Gasteiger partial charge in [-0.25, -0.2) is 4.68 Å². The number of piperazine rings is 1. The molecule has 4 rings (SSSR count). The van der Waals surface area contributed by atoms with Crippen molar-refractivity contribution in [1.29, 1.82) is 0 Å². The van der Waals surface area contributed by atoms with Crippen LogP contribution in [-0.2, 0) is 4.79 Å². The van der Waals surface area contributed by atoms with E-state index in [9.17, 15) is 9.59 Å². The first-order valence-electron chi connectivity index (χ1n) is 10.8. The van der Waals surface area contributed by atoms with Crippen molar-refractivity contribution in [1.82, 2.24) is 19.6 Å². The number of carbonyl (C=O) groups is 2. The molecule has 1 saturated heterocycles. The standard InChI is InChI=1S/C23H30N4O3/c1-17-7-8-21(30-2)20(15-17)27-10-9-19(24-27)23(29)26-13-11-25(12-14-26)22(28)16-18-5-3-4-6-18/h7-10,15,18H,3-6,11-14,16H2,1-2H3. The molecule has 7 nitrogen and oxygen atoms in total. The predicted molar refractivity (Wildman–Crippen MR) is 114 cm³/mol. The van der Waals surface area contributed by atoms with Gasteiger partial charge in [0, 0.05) is 38.8 Å². The first-order valence-corrected chi connectivity index (χ1v) is 10.8. The first-order chi connectivity index (χ1) is 14.5. The number of hydrogen-bond acceptors (Lipinski definition) is 4. The van der Waals surface area contributed by atoms with Crippen LogP contribution in [0.3, 0.4) is 0 Å². The summed E-state index contributed by atoms with van der Waals surface area (Å²) in [6.07, 6.45) is 7.31. The Labute approximate surface area is 177 Å². The third-order valence-corrected chi connectivity index (χ3v) is 6.25. The van der Waals surface area contributed by atoms with Crippen LogP contribution in [0.25, 0.3) is 5.69 Å². The summed E-state index contributed by atoms with van der Waals surface area (Å²) in [7, 11) is 1.62. The van der Waals surface area contributed by atoms with Gasteiger partial charge in [0.1, 0.15) is 11.4 Å². The Kier molecular flexibility index (Phi) is 6.06. The van der Waals surface area contributed by atoms with Gasteiger partial charge in [0.25, 0.3) is 5.91 Å². The second-order valence-electron chi connectivity index (χ2n) is 8.35. The van der Waals surface area contributed by atoms with Crippen LogP contribution in [0, 0.1) is 12.8 Å². The van der Waals surface area contributed by atoms with Crippen LogP contribution >= 0.6 is 0 Å². The Morgan fingerprint density at radius 2 is 1.77 bits per heavy atom. The Hall–Kier alpha value is -2.83. The fourth-order valence-corrected chi connectivity index (χ4v) is 4.46. The summed E-state index contributed by atoms with van der Waals surface area (Å²) >= 11 is 0. The third kappa shape index (κ3) is 4.35. The Morgan fingerprint density at radius 3 is 2.47 bits per heavy atom. The van der Waals surface area contributed by atoms with Crippen LogP contribution in [0.15, 0.2) is 30.5 Å². The molecule has 1 aliphatic heterocycles. The number of rotatable bonds is 5. The zero-order chi connectivity index (χ0) is 21.1. The van der Waals surface area contributed by atoms with Crippen LogP contribution in [0.1, 0.15) is 48.2 Å². The van der Waals surface area contributed by atoms with Gasteiger partial charge in [-0.2, -0.15) is 5.10 Å². The van der Waals surface area contributed by atoms with Gasteiger partial charge < -0.3 is 14.5 Å². The number of ether oxygens (including phenoxy) is 1. The summed E-state index contributed by atoms with van der Waals surface area (Å²) in [4.78, 5) is 29.2. The molecule has 2 fully saturated rings. The molecular weight excluding hydrogens is 380 g/mol. The second-order valence-corrected chi connectivity index (χ2v) is 8.35. The summed E-state index contributed by atoms with van der Waals surface area (Å²) in [5.74, 6) is 1.41. The van der Waals surface area contributed by atoms with Gasteiger partial charge >= 0.3 is 0 Å². The Bertz CT molecular complexity index is 909. The van der Waals surface area contributed by atoms with E-state index in [0.29, 0.717) is 50.0 Å². The van der Waals surface area contributed by atoms with Crippen molar-refractivity contribution in [3.8, 4) is 11.4 Å². The number of benzene rings is 1. The maximum Gasteiger partial charge on any atom is 0.274 e. The van der Waals surface area contributed by atoms with Crippen molar-refractivity contribution in [2.45, 2.75) is 39.0 Å². The van der Waals surface area contributed by atoms with Crippen molar-refractivity contribution in [3.05, 3.63) is 41.7 Å². The zero-order valence-electron chi connectivity index (χ0n) is 17.8. The Balaban J connectivity index is 1.37. The van der Waals surface area contributed by atoms with Gasteiger partial charge in [-0.1, -0.05) is 18.9 Å². The fraction of sp³-hybridized carbons (Fsp3) is 0.522. The molecule has 7 heteroatoms. The normalized spacial score (nSPS) is 17.4. The van der Waals surface area contributed by atoms with Gasteiger partial charge in [-0.05, 0) is 49.4 Å². The molecule has 2 heterocycles. The third-order valence-electron chi connectivity index (χ3n) is 6.25. The van der Waals surface area contributed by atoms with E-state index in [4.69, 9.17) is 4.74 Å². The van der Waals surface area contributed by atoms with Gasteiger partial charge in [-0.15, -0.1) is 0 Å². The van der Waals surface area contributed by atoms with Crippen LogP contribution in [0.5, 0.6) is 5.75 Å². The molecule has 2 aliphatic rings. The average molecular weight is 411 g/mol. The number of nitrogens with zero attached hydrogens (tertiary/aromatic N) is 4. The lowest BCUT2D eigenvalue weighted by Gasteiger charge is -2.35. The van der Waals surface area contributed by atoms with E-state index in [1.54, 1.807) is 29.0 Å². The lowest BCUT2D eigenvalue weighted by Crippen LogP contribution is -2.50. The monoisotopic (exact) mass is 410 g/mol. The lowest BCUT2D eigenvalue weighted by molar-refractivity contribution is -0.133. The van der Waals surface area contributed by atoms with E-state index in [1.807, 2.05) is 30.0 Å². The maximum absolute atomic E-state index is 12.9. The molecule has 2 amide bonds. The van der Waals surface area contributed by atoms with Crippen LogP contribution in [0.2, 0.25) is 0 Å². The second kappa shape index (κ2) is 8.90. The van der Waals surface area contributed by atoms with Crippen molar-refractivity contribution in [2.24, 2.45) is 5.92 Å². The van der Waals surface area contributed by atoms with Crippen molar-refractivity contribution in [3.63, 3.8) is 0 Å². The van der Waals surface area contributed by atoms with Gasteiger partial charge in [0.15, 0.2) is 5.69 Å². The molecule has 0 N–H and O–H groups in total. The summed E-state index contributed by atoms with van der Waals surface area (Å²) in [5.41, 5.74) is 2.30. The first kappa shape index (κ1) is 20.4. The number of hydrogen-bond donors (Lipinski definition) is 0. The number of aryl methyl sites for hydroxylation is 1. The lowest BCUT2D eigenvalue weighted by atomic mass is 10.0. The summed E-state index contributed by atoms with van der Waals surface area (Å²) in [6.45, 7) is 4.31. The average Bonchev–Trinajstić information content (AvgIpc) is 3.45. The van der Waals surface area contributed by atoms with Gasteiger partial charge in [0.05, 0.1) is 7.11 Å². The van der Waals surface area contributed by atoms with Crippen LogP contribution < -0.4 is 4.74 Å². The molecule has 0 radical (unpaired) electrons. The van der Waals surface area contributed by atoms with Crippen molar-refractivity contribution in [2.75, 3.05) is 33.3 Å². The highest BCUT2D eigenvalue weighted by Crippen LogP contribution is 2.28. The summed E-state index contributed by atoms with van der Waals surface area (Å²) < 4.78 is 7.11. The topological polar surface area (TPSA) is 67.7 Å². The number of carbonyl (C=O) groups excluding carboxylic acids is 2. The molecule has 1 saturated carbocycles. The smallest absolute Gasteiger partial charge is 0.274 e. The van der Waals surface area contributed by atoms with Crippen molar-refractivity contribution >= 4 is 11.8 Å². The van der Waals surface area contributed by atoms with E-state index in [-0.39, 0.29) is 11.8 Å². The van der Waals surface area contributed by atoms with E-state index in [1.165, 1.54) is 25.7 Å². The molecule has 0 unspecified atom stereocenters. The predicted octanol–water partition coefficient (Wildman–Crippen LogP) is 3.05. The molecule has 1 aliphatic carbocycles. The van der Waals surface area contributed by atoms with Crippen LogP contribution in [-0.4, -0.2) is 64.7 Å². The maximum atomic E-state index is 12.9. The molecule has 160 valence electrons. The number of methoxy groups -OCH3 is 1. The number of aromatic nitrogens is 2. The van der Waals surface area contributed by atoms with Gasteiger partial charge in [0.2, 0.25) is 5.91 Å². The summed E-state index contributed by atoms with van der Waals surface area (Å²) in [6, 6.07) is 7.59. The highest BCUT2D eigenvalue weighted by molar-refractivity contribution is 5.92. The van der Waals surface area contributed by atoms with Crippen LogP contribution in [0.4, 0.5) is 0 Å². The summed E-state index contributed by atoms with van der Waals surface area (Å²) in [5, 5.41) is 4.49. The SMILES string of the molecule is COc1ccc(C)cc1-n1ccc(C(=O)N2CCN(C(=O)CC3CCCC3)CC2)n1. The molecule has 1 aromatic carbocycles.